The standard InChI is InChI=1S/C4H8N4O.ClH/c1-3-2-8(5)4(9)7-6-3;/h2,5H2,1H3,(H,7,9);1H. The molecule has 0 fully saturated rings. The van der Waals surface area contributed by atoms with Crippen molar-refractivity contribution in [2.24, 2.45) is 10.9 Å². The molecule has 0 aromatic heterocycles. The van der Waals surface area contributed by atoms with Crippen LogP contribution >= 0.6 is 12.4 Å². The Labute approximate surface area is 64.6 Å². The third-order valence-electron chi connectivity index (χ3n) is 1.00. The smallest absolute Gasteiger partial charge is 0.255 e. The van der Waals surface area contributed by atoms with Crippen LogP contribution in [0.3, 0.4) is 0 Å². The van der Waals surface area contributed by atoms with Gasteiger partial charge in [0.05, 0.1) is 12.3 Å². The van der Waals surface area contributed by atoms with Crippen LogP contribution in [0.4, 0.5) is 4.79 Å². The van der Waals surface area contributed by atoms with Crippen LogP contribution in [0.15, 0.2) is 5.10 Å². The summed E-state index contributed by atoms with van der Waals surface area (Å²) in [5, 5.41) is 4.73. The summed E-state index contributed by atoms with van der Waals surface area (Å²) in [4.78, 5) is 10.5. The summed E-state index contributed by atoms with van der Waals surface area (Å²) in [6.07, 6.45) is 0. The molecule has 6 heteroatoms. The van der Waals surface area contributed by atoms with E-state index in [9.17, 15) is 4.79 Å². The first-order valence-electron chi connectivity index (χ1n) is 2.55. The Kier molecular flexibility index (Phi) is 3.11. The highest BCUT2D eigenvalue weighted by Crippen LogP contribution is 1.88. The van der Waals surface area contributed by atoms with Crippen molar-refractivity contribution in [2.75, 3.05) is 6.54 Å². The highest BCUT2D eigenvalue weighted by molar-refractivity contribution is 5.91. The van der Waals surface area contributed by atoms with Crippen molar-refractivity contribution >= 4 is 24.1 Å². The van der Waals surface area contributed by atoms with Gasteiger partial charge in [-0.1, -0.05) is 0 Å². The van der Waals surface area contributed by atoms with Crippen molar-refractivity contribution in [3.8, 4) is 0 Å². The van der Waals surface area contributed by atoms with Gasteiger partial charge in [0.1, 0.15) is 0 Å². The fourth-order valence-electron chi connectivity index (χ4n) is 0.561. The molecule has 10 heavy (non-hydrogen) atoms. The predicted octanol–water partition coefficient (Wildman–Crippen LogP) is -0.317. The van der Waals surface area contributed by atoms with E-state index in [-0.39, 0.29) is 18.4 Å². The van der Waals surface area contributed by atoms with Gasteiger partial charge in [-0.05, 0) is 6.92 Å². The number of rotatable bonds is 0. The first-order chi connectivity index (χ1) is 4.20. The topological polar surface area (TPSA) is 70.7 Å². The average molecular weight is 165 g/mol. The number of hydrazone groups is 1. The van der Waals surface area contributed by atoms with Crippen LogP contribution in [0.5, 0.6) is 0 Å². The molecule has 0 aromatic rings. The second-order valence-electron chi connectivity index (χ2n) is 1.89. The number of carbonyl (C=O) groups is 1. The van der Waals surface area contributed by atoms with Crippen LogP contribution in [-0.2, 0) is 0 Å². The molecule has 0 saturated carbocycles. The molecule has 0 atom stereocenters. The maximum Gasteiger partial charge on any atom is 0.352 e. The lowest BCUT2D eigenvalue weighted by Gasteiger charge is -2.19. The normalized spacial score (nSPS) is 17.2. The number of hydrogen-bond acceptors (Lipinski definition) is 3. The van der Waals surface area contributed by atoms with Crippen LogP contribution < -0.4 is 11.3 Å². The summed E-state index contributed by atoms with van der Waals surface area (Å²) in [5.74, 6) is 5.21. The number of nitrogens with zero attached hydrogens (tertiary/aromatic N) is 2. The lowest BCUT2D eigenvalue weighted by atomic mass is 10.4. The van der Waals surface area contributed by atoms with Gasteiger partial charge in [0.25, 0.3) is 0 Å². The molecule has 0 aromatic carbocycles. The van der Waals surface area contributed by atoms with E-state index < -0.39 is 0 Å². The van der Waals surface area contributed by atoms with Crippen LogP contribution in [0.1, 0.15) is 6.92 Å². The summed E-state index contributed by atoms with van der Waals surface area (Å²) in [5.41, 5.74) is 3.03. The number of amides is 2. The maximum absolute atomic E-state index is 10.5. The number of hydrazine groups is 1. The molecule has 0 bridgehead atoms. The molecule has 1 aliphatic heterocycles. The molecule has 0 saturated heterocycles. The zero-order valence-corrected chi connectivity index (χ0v) is 6.31. The van der Waals surface area contributed by atoms with Gasteiger partial charge in [0.2, 0.25) is 0 Å². The fourth-order valence-corrected chi connectivity index (χ4v) is 0.561. The Balaban J connectivity index is 0.000000810. The molecule has 1 heterocycles. The van der Waals surface area contributed by atoms with E-state index in [1.807, 2.05) is 0 Å². The van der Waals surface area contributed by atoms with Crippen LogP contribution in [-0.4, -0.2) is 23.3 Å². The summed E-state index contributed by atoms with van der Waals surface area (Å²) >= 11 is 0. The third kappa shape index (κ3) is 1.85. The number of urea groups is 1. The Morgan fingerprint density at radius 2 is 2.40 bits per heavy atom. The Morgan fingerprint density at radius 1 is 1.80 bits per heavy atom. The first kappa shape index (κ1) is 9.19. The van der Waals surface area contributed by atoms with Gasteiger partial charge in [-0.15, -0.1) is 12.4 Å². The zero-order chi connectivity index (χ0) is 6.85. The summed E-state index contributed by atoms with van der Waals surface area (Å²) in [6.45, 7) is 2.20. The lowest BCUT2D eigenvalue weighted by molar-refractivity contribution is 0.203. The van der Waals surface area contributed by atoms with Crippen LogP contribution in [0.25, 0.3) is 0 Å². The van der Waals surface area contributed by atoms with Crippen molar-refractivity contribution in [3.05, 3.63) is 0 Å². The monoisotopic (exact) mass is 164 g/mol. The fraction of sp³-hybridized carbons (Fsp3) is 0.500. The minimum Gasteiger partial charge on any atom is -0.255 e. The highest BCUT2D eigenvalue weighted by Gasteiger charge is 2.13. The molecule has 5 nitrogen and oxygen atoms in total. The molecule has 1 aliphatic rings. The number of nitrogens with two attached hydrogens (primary N) is 1. The lowest BCUT2D eigenvalue weighted by Crippen LogP contribution is -2.49. The molecular weight excluding hydrogens is 156 g/mol. The largest absolute Gasteiger partial charge is 0.352 e. The predicted molar refractivity (Wildman–Crippen MR) is 39.8 cm³/mol. The molecule has 3 N–H and O–H groups in total. The minimum atomic E-state index is -0.361. The van der Waals surface area contributed by atoms with Gasteiger partial charge in [-0.3, -0.25) is 5.01 Å². The van der Waals surface area contributed by atoms with Crippen LogP contribution in [0, 0.1) is 0 Å². The van der Waals surface area contributed by atoms with Crippen molar-refractivity contribution < 1.29 is 4.79 Å². The SMILES string of the molecule is CC1=NNC(=O)N(N)C1.Cl. The first-order valence-corrected chi connectivity index (χ1v) is 2.55. The van der Waals surface area contributed by atoms with Gasteiger partial charge in [-0.25, -0.2) is 16.1 Å². The molecule has 0 unspecified atom stereocenters. The summed E-state index contributed by atoms with van der Waals surface area (Å²) < 4.78 is 0. The van der Waals surface area contributed by atoms with E-state index in [1.54, 1.807) is 6.92 Å². The zero-order valence-electron chi connectivity index (χ0n) is 5.50. The molecule has 0 radical (unpaired) electrons. The molecule has 2 amide bonds. The molecule has 0 aliphatic carbocycles. The Bertz CT molecular complexity index is 169. The minimum absolute atomic E-state index is 0. The second kappa shape index (κ2) is 3.38. The number of hydrogen-bond donors (Lipinski definition) is 2. The summed E-state index contributed by atoms with van der Waals surface area (Å²) in [7, 11) is 0. The van der Waals surface area contributed by atoms with E-state index in [1.165, 1.54) is 0 Å². The van der Waals surface area contributed by atoms with E-state index in [0.29, 0.717) is 6.54 Å². The average Bonchev–Trinajstić information content (AvgIpc) is 1.80. The maximum atomic E-state index is 10.5. The van der Waals surface area contributed by atoms with E-state index in [4.69, 9.17) is 5.84 Å². The highest BCUT2D eigenvalue weighted by atomic mass is 35.5. The van der Waals surface area contributed by atoms with E-state index >= 15 is 0 Å². The second-order valence-corrected chi connectivity index (χ2v) is 1.89. The molecular formula is C4H9ClN4O. The van der Waals surface area contributed by atoms with Gasteiger partial charge >= 0.3 is 6.03 Å². The number of nitrogens with one attached hydrogen (secondary N) is 1. The molecule has 1 rings (SSSR count). The van der Waals surface area contributed by atoms with Crippen LogP contribution in [0.2, 0.25) is 0 Å². The third-order valence-corrected chi connectivity index (χ3v) is 1.00. The quantitative estimate of drug-likeness (QED) is 0.381. The van der Waals surface area contributed by atoms with Gasteiger partial charge in [0, 0.05) is 0 Å². The van der Waals surface area contributed by atoms with Crippen molar-refractivity contribution in [1.29, 1.82) is 0 Å². The number of halogens is 1. The Morgan fingerprint density at radius 3 is 2.80 bits per heavy atom. The van der Waals surface area contributed by atoms with E-state index in [2.05, 4.69) is 10.5 Å². The Hall–Kier alpha value is -0.810. The number of carbonyl (C=O) groups excluding carboxylic acids is 1. The van der Waals surface area contributed by atoms with Crippen molar-refractivity contribution in [2.45, 2.75) is 6.92 Å². The molecule has 0 spiro atoms. The van der Waals surface area contributed by atoms with Gasteiger partial charge < -0.3 is 0 Å². The van der Waals surface area contributed by atoms with Gasteiger partial charge in [-0.2, -0.15) is 5.10 Å². The molecule has 58 valence electrons. The van der Waals surface area contributed by atoms with Crippen molar-refractivity contribution in [1.82, 2.24) is 10.4 Å². The van der Waals surface area contributed by atoms with E-state index in [0.717, 1.165) is 10.7 Å². The summed E-state index contributed by atoms with van der Waals surface area (Å²) in [6, 6.07) is -0.361. The van der Waals surface area contributed by atoms with Gasteiger partial charge in [0.15, 0.2) is 0 Å². The van der Waals surface area contributed by atoms with Crippen molar-refractivity contribution in [3.63, 3.8) is 0 Å².